The predicted molar refractivity (Wildman–Crippen MR) is 85.0 cm³/mol. The highest BCUT2D eigenvalue weighted by Gasteiger charge is 2.24. The molecule has 0 spiro atoms. The van der Waals surface area contributed by atoms with Crippen molar-refractivity contribution in [1.29, 1.82) is 0 Å². The molecule has 0 bridgehead atoms. The number of hydrogen-bond acceptors (Lipinski definition) is 4. The van der Waals surface area contributed by atoms with Gasteiger partial charge in [-0.05, 0) is 23.5 Å². The Labute approximate surface area is 123 Å². The lowest BCUT2D eigenvalue weighted by Gasteiger charge is -2.29. The van der Waals surface area contributed by atoms with E-state index in [4.69, 9.17) is 5.73 Å². The van der Waals surface area contributed by atoms with Crippen molar-refractivity contribution in [2.45, 2.75) is 27.7 Å². The Morgan fingerprint density at radius 1 is 1.50 bits per heavy atom. The first-order valence-electron chi connectivity index (χ1n) is 6.74. The highest BCUT2D eigenvalue weighted by Crippen LogP contribution is 2.32. The fourth-order valence-corrected chi connectivity index (χ4v) is 2.71. The lowest BCUT2D eigenvalue weighted by Crippen LogP contribution is -2.36. The largest absolute Gasteiger partial charge is 0.396 e. The molecule has 0 aliphatic carbocycles. The zero-order chi connectivity index (χ0) is 14.9. The molecule has 5 heteroatoms. The van der Waals surface area contributed by atoms with E-state index < -0.39 is 0 Å². The minimum Gasteiger partial charge on any atom is -0.396 e. The molecule has 2 aromatic heterocycles. The molecule has 0 saturated carbocycles. The topological polar surface area (TPSA) is 68.0 Å². The summed E-state index contributed by atoms with van der Waals surface area (Å²) in [4.78, 5) is 17.1. The number of nitrogens with two attached hydrogens (primary N) is 1. The Morgan fingerprint density at radius 3 is 2.80 bits per heavy atom. The summed E-state index contributed by atoms with van der Waals surface area (Å²) in [5, 5.41) is 2.99. The van der Waals surface area contributed by atoms with Crippen LogP contribution < -0.4 is 11.1 Å². The maximum atomic E-state index is 12.3. The highest BCUT2D eigenvalue weighted by atomic mass is 32.1. The zero-order valence-electron chi connectivity index (χ0n) is 12.4. The number of pyridine rings is 1. The van der Waals surface area contributed by atoms with Crippen LogP contribution in [0.1, 0.15) is 37.4 Å². The van der Waals surface area contributed by atoms with Gasteiger partial charge in [-0.15, -0.1) is 11.3 Å². The van der Waals surface area contributed by atoms with Crippen molar-refractivity contribution in [3.63, 3.8) is 0 Å². The summed E-state index contributed by atoms with van der Waals surface area (Å²) in [6, 6.07) is 3.78. The fourth-order valence-electron chi connectivity index (χ4n) is 1.71. The van der Waals surface area contributed by atoms with Gasteiger partial charge >= 0.3 is 0 Å². The SMILES string of the molecule is CC(C)C(C)(C)CNC(=O)c1sc2cccnc2c1N. The molecule has 0 unspecified atom stereocenters. The quantitative estimate of drug-likeness (QED) is 0.908. The van der Waals surface area contributed by atoms with Crippen LogP contribution in [0.5, 0.6) is 0 Å². The standard InChI is InChI=1S/C15H21N3OS/c1-9(2)15(3,4)8-18-14(19)13-11(16)12-10(20-13)6-5-7-17-12/h5-7,9H,8,16H2,1-4H3,(H,18,19). The molecule has 0 aliphatic heterocycles. The number of hydrogen-bond donors (Lipinski definition) is 2. The van der Waals surface area contributed by atoms with E-state index in [2.05, 4.69) is 38.0 Å². The van der Waals surface area contributed by atoms with Crippen LogP contribution in [-0.2, 0) is 0 Å². The van der Waals surface area contributed by atoms with E-state index in [1.54, 1.807) is 6.20 Å². The van der Waals surface area contributed by atoms with Crippen LogP contribution in [0.25, 0.3) is 10.2 Å². The fraction of sp³-hybridized carbons (Fsp3) is 0.467. The number of thiophene rings is 1. The molecule has 2 rings (SSSR count). The van der Waals surface area contributed by atoms with Crippen molar-refractivity contribution in [3.05, 3.63) is 23.2 Å². The zero-order valence-corrected chi connectivity index (χ0v) is 13.2. The Kier molecular flexibility index (Phi) is 3.99. The second-order valence-corrected chi connectivity index (χ2v) is 7.07. The summed E-state index contributed by atoms with van der Waals surface area (Å²) >= 11 is 1.39. The van der Waals surface area contributed by atoms with Gasteiger partial charge in [0.05, 0.1) is 10.4 Å². The number of fused-ring (bicyclic) bond motifs is 1. The van der Waals surface area contributed by atoms with Crippen LogP contribution in [0, 0.1) is 11.3 Å². The van der Waals surface area contributed by atoms with E-state index in [0.29, 0.717) is 28.5 Å². The second kappa shape index (κ2) is 5.40. The molecule has 20 heavy (non-hydrogen) atoms. The third-order valence-electron chi connectivity index (χ3n) is 3.96. The Balaban J connectivity index is 2.18. The van der Waals surface area contributed by atoms with Crippen molar-refractivity contribution in [2.75, 3.05) is 12.3 Å². The van der Waals surface area contributed by atoms with E-state index in [-0.39, 0.29) is 11.3 Å². The summed E-state index contributed by atoms with van der Waals surface area (Å²) in [7, 11) is 0. The van der Waals surface area contributed by atoms with Gasteiger partial charge in [0.1, 0.15) is 10.4 Å². The first-order valence-corrected chi connectivity index (χ1v) is 7.56. The predicted octanol–water partition coefficient (Wildman–Crippen LogP) is 3.29. The van der Waals surface area contributed by atoms with Crippen LogP contribution in [0.4, 0.5) is 5.69 Å². The summed E-state index contributed by atoms with van der Waals surface area (Å²) in [5.41, 5.74) is 7.27. The molecular formula is C15H21N3OS. The molecular weight excluding hydrogens is 270 g/mol. The van der Waals surface area contributed by atoms with Gasteiger partial charge in [0.25, 0.3) is 5.91 Å². The average Bonchev–Trinajstić information content (AvgIpc) is 2.74. The Morgan fingerprint density at radius 2 is 2.20 bits per heavy atom. The highest BCUT2D eigenvalue weighted by molar-refractivity contribution is 7.21. The summed E-state index contributed by atoms with van der Waals surface area (Å²) in [5.74, 6) is 0.378. The summed E-state index contributed by atoms with van der Waals surface area (Å²) < 4.78 is 0.943. The van der Waals surface area contributed by atoms with Crippen LogP contribution >= 0.6 is 11.3 Å². The number of amides is 1. The van der Waals surface area contributed by atoms with Gasteiger partial charge in [0.15, 0.2) is 0 Å². The number of aromatic nitrogens is 1. The number of nitrogen functional groups attached to an aromatic ring is 1. The lowest BCUT2D eigenvalue weighted by atomic mass is 9.81. The molecule has 0 fully saturated rings. The number of anilines is 1. The normalized spacial score (nSPS) is 12.1. The van der Waals surface area contributed by atoms with Crippen LogP contribution in [-0.4, -0.2) is 17.4 Å². The number of rotatable bonds is 4. The Hall–Kier alpha value is -1.62. The van der Waals surface area contributed by atoms with Crippen molar-refractivity contribution in [1.82, 2.24) is 10.3 Å². The van der Waals surface area contributed by atoms with E-state index in [0.717, 1.165) is 4.70 Å². The average molecular weight is 291 g/mol. The molecule has 0 aliphatic rings. The van der Waals surface area contributed by atoms with Gasteiger partial charge in [-0.3, -0.25) is 9.78 Å². The molecule has 108 valence electrons. The Bertz CT molecular complexity index is 631. The van der Waals surface area contributed by atoms with Crippen molar-refractivity contribution in [3.8, 4) is 0 Å². The molecule has 3 N–H and O–H groups in total. The monoisotopic (exact) mass is 291 g/mol. The molecule has 0 atom stereocenters. The smallest absolute Gasteiger partial charge is 0.263 e. The third kappa shape index (κ3) is 2.77. The van der Waals surface area contributed by atoms with E-state index in [9.17, 15) is 4.79 Å². The van der Waals surface area contributed by atoms with E-state index >= 15 is 0 Å². The van der Waals surface area contributed by atoms with Gasteiger partial charge < -0.3 is 11.1 Å². The molecule has 2 heterocycles. The first-order chi connectivity index (χ1) is 9.33. The summed E-state index contributed by atoms with van der Waals surface area (Å²) in [6.07, 6.45) is 1.69. The van der Waals surface area contributed by atoms with Gasteiger partial charge in [-0.1, -0.05) is 27.7 Å². The van der Waals surface area contributed by atoms with E-state index in [1.165, 1.54) is 11.3 Å². The molecule has 1 amide bonds. The molecule has 0 aromatic carbocycles. The number of carbonyl (C=O) groups is 1. The van der Waals surface area contributed by atoms with Crippen molar-refractivity contribution >= 4 is 33.1 Å². The maximum absolute atomic E-state index is 12.3. The van der Waals surface area contributed by atoms with Gasteiger partial charge in [0, 0.05) is 12.7 Å². The second-order valence-electron chi connectivity index (χ2n) is 6.02. The number of carbonyl (C=O) groups excluding carboxylic acids is 1. The minimum atomic E-state index is -0.112. The molecule has 4 nitrogen and oxygen atoms in total. The lowest BCUT2D eigenvalue weighted by molar-refractivity contribution is 0.0929. The number of nitrogens with one attached hydrogen (secondary N) is 1. The molecule has 0 radical (unpaired) electrons. The third-order valence-corrected chi connectivity index (χ3v) is 5.11. The van der Waals surface area contributed by atoms with Crippen molar-refractivity contribution < 1.29 is 4.79 Å². The van der Waals surface area contributed by atoms with Gasteiger partial charge in [-0.2, -0.15) is 0 Å². The van der Waals surface area contributed by atoms with Gasteiger partial charge in [0.2, 0.25) is 0 Å². The van der Waals surface area contributed by atoms with E-state index in [1.807, 2.05) is 12.1 Å². The van der Waals surface area contributed by atoms with Crippen LogP contribution in [0.2, 0.25) is 0 Å². The minimum absolute atomic E-state index is 0.0549. The van der Waals surface area contributed by atoms with Gasteiger partial charge in [-0.25, -0.2) is 0 Å². The maximum Gasteiger partial charge on any atom is 0.263 e. The molecule has 0 saturated heterocycles. The van der Waals surface area contributed by atoms with Crippen molar-refractivity contribution in [2.24, 2.45) is 11.3 Å². The van der Waals surface area contributed by atoms with Crippen LogP contribution in [0.15, 0.2) is 18.3 Å². The molecule has 2 aromatic rings. The first kappa shape index (κ1) is 14.8. The van der Waals surface area contributed by atoms with Crippen LogP contribution in [0.3, 0.4) is 0 Å². The number of nitrogens with zero attached hydrogens (tertiary/aromatic N) is 1. The summed E-state index contributed by atoms with van der Waals surface area (Å²) in [6.45, 7) is 9.24.